The van der Waals surface area contributed by atoms with Crippen molar-refractivity contribution >= 4 is 16.0 Å². The molecule has 1 aliphatic carbocycles. The summed E-state index contributed by atoms with van der Waals surface area (Å²) in [5, 5.41) is 9.28. The highest BCUT2D eigenvalue weighted by Gasteiger charge is 2.47. The van der Waals surface area contributed by atoms with Gasteiger partial charge >= 0.3 is 5.97 Å². The third-order valence-electron chi connectivity index (χ3n) is 3.97. The lowest BCUT2D eigenvalue weighted by molar-refractivity contribution is -0.148. The summed E-state index contributed by atoms with van der Waals surface area (Å²) in [6, 6.07) is -0.599. The molecule has 1 aromatic rings. The van der Waals surface area contributed by atoms with Gasteiger partial charge in [-0.15, -0.1) is 0 Å². The molecule has 2 atom stereocenters. The van der Waals surface area contributed by atoms with Crippen molar-refractivity contribution in [3.8, 4) is 0 Å². The van der Waals surface area contributed by atoms with E-state index in [9.17, 15) is 18.3 Å². The first-order valence-corrected chi connectivity index (χ1v) is 8.07. The summed E-state index contributed by atoms with van der Waals surface area (Å²) in [6.07, 6.45) is 3.55. The van der Waals surface area contributed by atoms with E-state index in [4.69, 9.17) is 0 Å². The Morgan fingerprint density at radius 1 is 1.65 bits per heavy atom. The first kappa shape index (κ1) is 15.0. The van der Waals surface area contributed by atoms with E-state index < -0.39 is 27.4 Å². The van der Waals surface area contributed by atoms with Crippen LogP contribution in [-0.2, 0) is 21.2 Å². The van der Waals surface area contributed by atoms with Crippen molar-refractivity contribution < 1.29 is 18.3 Å². The van der Waals surface area contributed by atoms with Crippen LogP contribution in [0.3, 0.4) is 0 Å². The lowest BCUT2D eigenvalue weighted by Gasteiger charge is -2.27. The molecule has 1 fully saturated rings. The number of aromatic nitrogens is 2. The maximum absolute atomic E-state index is 12.3. The Kier molecular flexibility index (Phi) is 3.88. The van der Waals surface area contributed by atoms with Gasteiger partial charge in [0.15, 0.2) is 5.03 Å². The van der Waals surface area contributed by atoms with Crippen molar-refractivity contribution in [2.75, 3.05) is 0 Å². The number of carboxylic acids is 1. The van der Waals surface area contributed by atoms with Crippen LogP contribution in [0.1, 0.15) is 38.9 Å². The summed E-state index contributed by atoms with van der Waals surface area (Å²) < 4.78 is 27.0. The van der Waals surface area contributed by atoms with Gasteiger partial charge in [-0.05, 0) is 19.8 Å². The molecule has 1 saturated carbocycles. The van der Waals surface area contributed by atoms with Crippen molar-refractivity contribution in [3.63, 3.8) is 0 Å². The molecule has 0 radical (unpaired) electrons. The second-order valence-corrected chi connectivity index (χ2v) is 7.02. The highest BCUT2D eigenvalue weighted by Crippen LogP contribution is 2.38. The molecule has 1 heterocycles. The number of nitrogens with zero attached hydrogens (tertiary/aromatic N) is 1. The number of hydrogen-bond acceptors (Lipinski definition) is 4. The van der Waals surface area contributed by atoms with Crippen molar-refractivity contribution in [1.29, 1.82) is 0 Å². The number of imidazole rings is 1. The van der Waals surface area contributed by atoms with Crippen LogP contribution in [0.4, 0.5) is 0 Å². The van der Waals surface area contributed by atoms with Gasteiger partial charge in [0, 0.05) is 12.5 Å². The van der Waals surface area contributed by atoms with Gasteiger partial charge in [-0.25, -0.2) is 18.1 Å². The fourth-order valence-corrected chi connectivity index (χ4v) is 3.84. The molecule has 0 spiro atoms. The van der Waals surface area contributed by atoms with Gasteiger partial charge in [-0.2, -0.15) is 0 Å². The topological polar surface area (TPSA) is 112 Å². The van der Waals surface area contributed by atoms with Crippen LogP contribution in [0.5, 0.6) is 0 Å². The van der Waals surface area contributed by atoms with Gasteiger partial charge in [0.25, 0.3) is 10.0 Å². The summed E-state index contributed by atoms with van der Waals surface area (Å²) >= 11 is 0. The second-order valence-electron chi connectivity index (χ2n) is 5.34. The number of rotatable bonds is 5. The lowest BCUT2D eigenvalue weighted by atomic mass is 9.85. The smallest absolute Gasteiger partial charge is 0.310 e. The Labute approximate surface area is 117 Å². The largest absolute Gasteiger partial charge is 0.481 e. The quantitative estimate of drug-likeness (QED) is 0.748. The molecule has 3 N–H and O–H groups in total. The van der Waals surface area contributed by atoms with E-state index >= 15 is 0 Å². The zero-order valence-corrected chi connectivity index (χ0v) is 12.3. The Morgan fingerprint density at radius 3 is 2.90 bits per heavy atom. The van der Waals surface area contributed by atoms with E-state index in [0.29, 0.717) is 31.5 Å². The van der Waals surface area contributed by atoms with Crippen LogP contribution in [0.2, 0.25) is 0 Å². The molecule has 1 aromatic heterocycles. The number of aryl methyl sites for hydroxylation is 1. The van der Waals surface area contributed by atoms with E-state index in [2.05, 4.69) is 14.7 Å². The molecular weight excluding hydrogens is 282 g/mol. The first-order chi connectivity index (χ1) is 9.29. The van der Waals surface area contributed by atoms with Crippen molar-refractivity contribution in [2.24, 2.45) is 5.41 Å². The Morgan fingerprint density at radius 2 is 2.35 bits per heavy atom. The lowest BCUT2D eigenvalue weighted by Crippen LogP contribution is -2.47. The van der Waals surface area contributed by atoms with E-state index in [-0.39, 0.29) is 5.03 Å². The normalized spacial score (nSPS) is 26.8. The molecule has 8 heteroatoms. The van der Waals surface area contributed by atoms with Crippen LogP contribution in [0, 0.1) is 5.41 Å². The number of sulfonamides is 1. The molecule has 7 nitrogen and oxygen atoms in total. The number of aliphatic carboxylic acids is 1. The summed E-state index contributed by atoms with van der Waals surface area (Å²) in [6.45, 7) is 3.45. The van der Waals surface area contributed by atoms with Crippen molar-refractivity contribution in [2.45, 2.75) is 50.6 Å². The molecule has 0 saturated heterocycles. The Bertz CT molecular complexity index is 610. The SMILES string of the molecule is CCc1ncc(S(=O)(=O)NC2CCCC2(C)C(=O)O)[nH]1. The van der Waals surface area contributed by atoms with E-state index in [1.807, 2.05) is 6.92 Å². The summed E-state index contributed by atoms with van der Waals surface area (Å²) in [7, 11) is -3.77. The van der Waals surface area contributed by atoms with E-state index in [0.717, 1.165) is 0 Å². The number of aromatic amines is 1. The predicted octanol–water partition coefficient (Wildman–Crippen LogP) is 0.894. The molecule has 2 unspecified atom stereocenters. The van der Waals surface area contributed by atoms with E-state index in [1.165, 1.54) is 6.20 Å². The molecule has 20 heavy (non-hydrogen) atoms. The van der Waals surface area contributed by atoms with Crippen LogP contribution in [0.15, 0.2) is 11.2 Å². The maximum Gasteiger partial charge on any atom is 0.310 e. The predicted molar refractivity (Wildman–Crippen MR) is 71.7 cm³/mol. The maximum atomic E-state index is 12.3. The third kappa shape index (κ3) is 2.57. The summed E-state index contributed by atoms with van der Waals surface area (Å²) in [5.74, 6) is -0.389. The van der Waals surface area contributed by atoms with Crippen LogP contribution in [0.25, 0.3) is 0 Å². The van der Waals surface area contributed by atoms with Crippen molar-refractivity contribution in [1.82, 2.24) is 14.7 Å². The van der Waals surface area contributed by atoms with Gasteiger partial charge in [-0.1, -0.05) is 13.3 Å². The highest BCUT2D eigenvalue weighted by atomic mass is 32.2. The molecule has 0 aromatic carbocycles. The second kappa shape index (κ2) is 5.17. The van der Waals surface area contributed by atoms with Gasteiger partial charge in [0.1, 0.15) is 5.82 Å². The minimum atomic E-state index is -3.77. The standard InChI is InChI=1S/C12H19N3O4S/c1-3-9-13-7-10(14-9)20(18,19)15-8-5-4-6-12(8,2)11(16)17/h7-8,15H,3-6H2,1-2H3,(H,13,14)(H,16,17). The number of H-pyrrole nitrogens is 1. The zero-order chi connectivity index (χ0) is 15.0. The molecule has 0 aliphatic heterocycles. The van der Waals surface area contributed by atoms with Crippen LogP contribution < -0.4 is 4.72 Å². The Balaban J connectivity index is 2.22. The van der Waals surface area contributed by atoms with Gasteiger partial charge in [-0.3, -0.25) is 4.79 Å². The third-order valence-corrected chi connectivity index (χ3v) is 5.35. The molecule has 2 rings (SSSR count). The van der Waals surface area contributed by atoms with Gasteiger partial charge in [0.05, 0.1) is 11.6 Å². The average Bonchev–Trinajstić information content (AvgIpc) is 2.98. The fourth-order valence-electron chi connectivity index (χ4n) is 2.52. The number of carbonyl (C=O) groups is 1. The number of hydrogen-bond donors (Lipinski definition) is 3. The molecule has 1 aliphatic rings. The Hall–Kier alpha value is -1.41. The average molecular weight is 301 g/mol. The minimum Gasteiger partial charge on any atom is -0.481 e. The van der Waals surface area contributed by atoms with Crippen LogP contribution >= 0.6 is 0 Å². The van der Waals surface area contributed by atoms with Gasteiger partial charge in [0.2, 0.25) is 0 Å². The number of nitrogens with one attached hydrogen (secondary N) is 2. The molecule has 0 amide bonds. The zero-order valence-electron chi connectivity index (χ0n) is 11.5. The minimum absolute atomic E-state index is 0.0195. The summed E-state index contributed by atoms with van der Waals surface area (Å²) in [5.41, 5.74) is -1.05. The molecular formula is C12H19N3O4S. The van der Waals surface area contributed by atoms with E-state index in [1.54, 1.807) is 6.92 Å². The number of carboxylic acid groups (broad SMARTS) is 1. The van der Waals surface area contributed by atoms with Gasteiger partial charge < -0.3 is 10.1 Å². The fraction of sp³-hybridized carbons (Fsp3) is 0.667. The monoisotopic (exact) mass is 301 g/mol. The van der Waals surface area contributed by atoms with Crippen molar-refractivity contribution in [3.05, 3.63) is 12.0 Å². The van der Waals surface area contributed by atoms with Crippen LogP contribution in [-0.4, -0.2) is 35.5 Å². The molecule has 0 bridgehead atoms. The highest BCUT2D eigenvalue weighted by molar-refractivity contribution is 7.89. The first-order valence-electron chi connectivity index (χ1n) is 6.59. The summed E-state index contributed by atoms with van der Waals surface area (Å²) in [4.78, 5) is 18.0. The molecule has 112 valence electrons.